The van der Waals surface area contributed by atoms with Crippen LogP contribution in [0.15, 0.2) is 49.1 Å². The molecule has 0 radical (unpaired) electrons. The SMILES string of the molecule is CCCC(Nc1cncc(-c2ccc(NC(=O)NCC)c(C)c2)n1)c1cnccc1C. The van der Waals surface area contributed by atoms with Crippen LogP contribution >= 0.6 is 0 Å². The lowest BCUT2D eigenvalue weighted by molar-refractivity contribution is 0.252. The molecule has 0 spiro atoms. The average Bonchev–Trinajstić information content (AvgIpc) is 2.76. The summed E-state index contributed by atoms with van der Waals surface area (Å²) in [5.41, 5.74) is 5.82. The van der Waals surface area contributed by atoms with E-state index in [1.807, 2.05) is 50.5 Å². The monoisotopic (exact) mass is 418 g/mol. The molecule has 3 rings (SSSR count). The minimum atomic E-state index is -0.211. The Bertz CT molecular complexity index is 1040. The molecule has 2 aromatic heterocycles. The van der Waals surface area contributed by atoms with Crippen molar-refractivity contribution in [2.24, 2.45) is 0 Å². The van der Waals surface area contributed by atoms with Crippen LogP contribution in [-0.4, -0.2) is 27.5 Å². The number of anilines is 2. The Hall–Kier alpha value is -3.48. The van der Waals surface area contributed by atoms with Crippen LogP contribution in [0.2, 0.25) is 0 Å². The number of nitrogens with one attached hydrogen (secondary N) is 3. The molecule has 31 heavy (non-hydrogen) atoms. The standard InChI is InChI=1S/C24H30N6O/c1-5-7-21(19-13-25-11-10-16(19)3)28-23-15-26-14-22(29-23)18-8-9-20(17(4)12-18)30-24(31)27-6-2/h8-15,21H,5-7H2,1-4H3,(H,28,29)(H2,27,30,31). The van der Waals surface area contributed by atoms with Crippen LogP contribution in [0.3, 0.4) is 0 Å². The number of aryl methyl sites for hydroxylation is 2. The minimum absolute atomic E-state index is 0.119. The van der Waals surface area contributed by atoms with Gasteiger partial charge >= 0.3 is 6.03 Å². The third-order valence-electron chi connectivity index (χ3n) is 5.10. The zero-order valence-electron chi connectivity index (χ0n) is 18.6. The van der Waals surface area contributed by atoms with Gasteiger partial charge in [0.1, 0.15) is 5.82 Å². The molecule has 1 atom stereocenters. The van der Waals surface area contributed by atoms with Crippen molar-refractivity contribution in [3.8, 4) is 11.3 Å². The summed E-state index contributed by atoms with van der Waals surface area (Å²) in [6.45, 7) is 8.69. The van der Waals surface area contributed by atoms with E-state index in [2.05, 4.69) is 39.8 Å². The summed E-state index contributed by atoms with van der Waals surface area (Å²) in [4.78, 5) is 25.3. The Morgan fingerprint density at radius 1 is 1.03 bits per heavy atom. The molecule has 0 aliphatic rings. The second-order valence-electron chi connectivity index (χ2n) is 7.52. The Balaban J connectivity index is 1.81. The first kappa shape index (κ1) is 22.2. The van der Waals surface area contributed by atoms with Crippen LogP contribution in [0.4, 0.5) is 16.3 Å². The Kier molecular flexibility index (Phi) is 7.54. The molecule has 3 N–H and O–H groups in total. The molecule has 0 aliphatic heterocycles. The predicted molar refractivity (Wildman–Crippen MR) is 125 cm³/mol. The number of carbonyl (C=O) groups excluding carboxylic acids is 1. The largest absolute Gasteiger partial charge is 0.362 e. The molecule has 0 aliphatic carbocycles. The van der Waals surface area contributed by atoms with Crippen molar-refractivity contribution >= 4 is 17.5 Å². The van der Waals surface area contributed by atoms with Crippen molar-refractivity contribution in [1.29, 1.82) is 0 Å². The van der Waals surface area contributed by atoms with E-state index in [9.17, 15) is 4.79 Å². The summed E-state index contributed by atoms with van der Waals surface area (Å²) in [7, 11) is 0. The summed E-state index contributed by atoms with van der Waals surface area (Å²) in [5.74, 6) is 0.724. The number of pyridine rings is 1. The molecule has 1 aromatic carbocycles. The lowest BCUT2D eigenvalue weighted by Gasteiger charge is -2.21. The molecular weight excluding hydrogens is 388 g/mol. The van der Waals surface area contributed by atoms with Crippen LogP contribution < -0.4 is 16.0 Å². The number of hydrogen-bond acceptors (Lipinski definition) is 5. The highest BCUT2D eigenvalue weighted by Gasteiger charge is 2.15. The summed E-state index contributed by atoms with van der Waals surface area (Å²) in [5, 5.41) is 9.13. The normalized spacial score (nSPS) is 11.6. The van der Waals surface area contributed by atoms with Crippen molar-refractivity contribution in [3.63, 3.8) is 0 Å². The third kappa shape index (κ3) is 5.78. The summed E-state index contributed by atoms with van der Waals surface area (Å²) in [6.07, 6.45) is 9.24. The van der Waals surface area contributed by atoms with Gasteiger partial charge in [0.05, 0.1) is 24.1 Å². The maximum absolute atomic E-state index is 11.8. The Labute approximate surface area is 183 Å². The molecule has 0 saturated carbocycles. The number of carbonyl (C=O) groups is 1. The molecule has 0 saturated heterocycles. The van der Waals surface area contributed by atoms with E-state index in [1.165, 1.54) is 11.1 Å². The molecule has 162 valence electrons. The fourth-order valence-electron chi connectivity index (χ4n) is 3.48. The Morgan fingerprint density at radius 3 is 2.58 bits per heavy atom. The summed E-state index contributed by atoms with van der Waals surface area (Å²) in [6, 6.07) is 7.77. The first-order chi connectivity index (χ1) is 15.0. The quantitative estimate of drug-likeness (QED) is 0.465. The van der Waals surface area contributed by atoms with Gasteiger partial charge in [-0.05, 0) is 62.1 Å². The van der Waals surface area contributed by atoms with Crippen LogP contribution in [0.25, 0.3) is 11.3 Å². The number of hydrogen-bond donors (Lipinski definition) is 3. The van der Waals surface area contributed by atoms with Crippen molar-refractivity contribution in [3.05, 3.63) is 65.7 Å². The van der Waals surface area contributed by atoms with Gasteiger partial charge in [0.2, 0.25) is 0 Å². The van der Waals surface area contributed by atoms with Gasteiger partial charge in [-0.25, -0.2) is 9.78 Å². The van der Waals surface area contributed by atoms with Gasteiger partial charge in [0.15, 0.2) is 0 Å². The van der Waals surface area contributed by atoms with Crippen LogP contribution in [0, 0.1) is 13.8 Å². The number of aromatic nitrogens is 3. The van der Waals surface area contributed by atoms with Crippen LogP contribution in [0.5, 0.6) is 0 Å². The molecule has 2 heterocycles. The zero-order valence-corrected chi connectivity index (χ0v) is 18.6. The van der Waals surface area contributed by atoms with E-state index < -0.39 is 0 Å². The van der Waals surface area contributed by atoms with E-state index in [-0.39, 0.29) is 12.1 Å². The number of urea groups is 1. The van der Waals surface area contributed by atoms with Gasteiger partial charge in [-0.15, -0.1) is 0 Å². The first-order valence-electron chi connectivity index (χ1n) is 10.7. The molecular formula is C24H30N6O. The van der Waals surface area contributed by atoms with Crippen LogP contribution in [0.1, 0.15) is 49.4 Å². The predicted octanol–water partition coefficient (Wildman–Crippen LogP) is 5.25. The third-order valence-corrected chi connectivity index (χ3v) is 5.10. The number of nitrogens with zero attached hydrogens (tertiary/aromatic N) is 3. The lowest BCUT2D eigenvalue weighted by Crippen LogP contribution is -2.28. The zero-order chi connectivity index (χ0) is 22.2. The van der Waals surface area contributed by atoms with Gasteiger partial charge in [0.25, 0.3) is 0 Å². The highest BCUT2D eigenvalue weighted by molar-refractivity contribution is 5.90. The summed E-state index contributed by atoms with van der Waals surface area (Å²) >= 11 is 0. The van der Waals surface area contributed by atoms with E-state index >= 15 is 0 Å². The smallest absolute Gasteiger partial charge is 0.319 e. The van der Waals surface area contributed by atoms with E-state index in [0.29, 0.717) is 6.54 Å². The van der Waals surface area contributed by atoms with Gasteiger partial charge in [-0.1, -0.05) is 19.4 Å². The average molecular weight is 419 g/mol. The second kappa shape index (κ2) is 10.5. The minimum Gasteiger partial charge on any atom is -0.362 e. The fourth-order valence-corrected chi connectivity index (χ4v) is 3.48. The maximum Gasteiger partial charge on any atom is 0.319 e. The highest BCUT2D eigenvalue weighted by Crippen LogP contribution is 2.27. The number of rotatable bonds is 8. The molecule has 0 fully saturated rings. The van der Waals surface area contributed by atoms with Crippen molar-refractivity contribution in [1.82, 2.24) is 20.3 Å². The fraction of sp³-hybridized carbons (Fsp3) is 0.333. The van der Waals surface area contributed by atoms with E-state index in [4.69, 9.17) is 4.98 Å². The van der Waals surface area contributed by atoms with Crippen LogP contribution in [-0.2, 0) is 0 Å². The molecule has 2 amide bonds. The molecule has 0 bridgehead atoms. The Morgan fingerprint density at radius 2 is 1.87 bits per heavy atom. The van der Waals surface area contributed by atoms with E-state index in [1.54, 1.807) is 12.4 Å². The maximum atomic E-state index is 11.8. The number of amides is 2. The van der Waals surface area contributed by atoms with E-state index in [0.717, 1.165) is 41.2 Å². The molecule has 1 unspecified atom stereocenters. The van der Waals surface area contributed by atoms with Crippen molar-refractivity contribution in [2.75, 3.05) is 17.2 Å². The van der Waals surface area contributed by atoms with Gasteiger partial charge < -0.3 is 16.0 Å². The topological polar surface area (TPSA) is 91.8 Å². The first-order valence-corrected chi connectivity index (χ1v) is 10.7. The van der Waals surface area contributed by atoms with Crippen molar-refractivity contribution in [2.45, 2.75) is 46.6 Å². The van der Waals surface area contributed by atoms with Gasteiger partial charge in [0, 0.05) is 30.2 Å². The number of benzene rings is 1. The lowest BCUT2D eigenvalue weighted by atomic mass is 10.00. The highest BCUT2D eigenvalue weighted by atomic mass is 16.2. The second-order valence-corrected chi connectivity index (χ2v) is 7.52. The van der Waals surface area contributed by atoms with Crippen molar-refractivity contribution < 1.29 is 4.79 Å². The molecule has 7 nitrogen and oxygen atoms in total. The van der Waals surface area contributed by atoms with Gasteiger partial charge in [-0.3, -0.25) is 9.97 Å². The van der Waals surface area contributed by atoms with Gasteiger partial charge in [-0.2, -0.15) is 0 Å². The summed E-state index contributed by atoms with van der Waals surface area (Å²) < 4.78 is 0. The molecule has 7 heteroatoms. The molecule has 3 aromatic rings.